The van der Waals surface area contributed by atoms with Crippen molar-refractivity contribution < 1.29 is 19.8 Å². The molecule has 1 aromatic rings. The lowest BCUT2D eigenvalue weighted by molar-refractivity contribution is -0.131. The third-order valence-electron chi connectivity index (χ3n) is 2.27. The number of carbonyl (C=O) groups excluding carboxylic acids is 1. The molecule has 17 heavy (non-hydrogen) atoms. The summed E-state index contributed by atoms with van der Waals surface area (Å²) in [4.78, 5) is 21.5. The second kappa shape index (κ2) is 5.16. The fourth-order valence-corrected chi connectivity index (χ4v) is 1.29. The molecule has 0 spiro atoms. The number of carbonyl (C=O) groups is 2. The van der Waals surface area contributed by atoms with E-state index in [1.54, 1.807) is 26.0 Å². The Morgan fingerprint density at radius 1 is 1.24 bits per heavy atom. The van der Waals surface area contributed by atoms with Gasteiger partial charge in [-0.15, -0.1) is 0 Å². The second-order valence-corrected chi connectivity index (χ2v) is 3.56. The minimum Gasteiger partial charge on any atom is -0.507 e. The van der Waals surface area contributed by atoms with Gasteiger partial charge in [0.25, 0.3) is 0 Å². The number of hydrogen-bond acceptors (Lipinski definition) is 3. The van der Waals surface area contributed by atoms with E-state index in [0.29, 0.717) is 16.8 Å². The standard InChI is InChI=1S/C12H13NO4/c1-7-3-4-9(8(2)12(7)17)13-10(14)5-6-11(15)16/h3-6,17H,1-2H3,(H,13,14)(H,15,16)/b6-5+. The van der Waals surface area contributed by atoms with Crippen molar-refractivity contribution in [2.75, 3.05) is 5.32 Å². The van der Waals surface area contributed by atoms with E-state index in [9.17, 15) is 14.7 Å². The molecule has 0 bridgehead atoms. The van der Waals surface area contributed by atoms with Crippen LogP contribution >= 0.6 is 0 Å². The van der Waals surface area contributed by atoms with Crippen molar-refractivity contribution >= 4 is 17.6 Å². The van der Waals surface area contributed by atoms with Crippen LogP contribution in [-0.4, -0.2) is 22.1 Å². The Morgan fingerprint density at radius 3 is 2.47 bits per heavy atom. The number of aryl methyl sites for hydroxylation is 1. The lowest BCUT2D eigenvalue weighted by Crippen LogP contribution is -2.10. The molecule has 90 valence electrons. The average Bonchev–Trinajstić information content (AvgIpc) is 2.27. The SMILES string of the molecule is Cc1ccc(NC(=O)/C=C/C(=O)O)c(C)c1O. The number of benzene rings is 1. The predicted molar refractivity (Wildman–Crippen MR) is 63.0 cm³/mol. The molecule has 1 aromatic carbocycles. The van der Waals surface area contributed by atoms with Gasteiger partial charge in [0.05, 0.1) is 0 Å². The summed E-state index contributed by atoms with van der Waals surface area (Å²) in [6.07, 6.45) is 1.66. The Kier molecular flexibility index (Phi) is 3.87. The molecule has 0 radical (unpaired) electrons. The number of phenolic OH excluding ortho intramolecular Hbond substituents is 1. The lowest BCUT2D eigenvalue weighted by Gasteiger charge is -2.09. The molecule has 5 heteroatoms. The van der Waals surface area contributed by atoms with Crippen LogP contribution in [0.4, 0.5) is 5.69 Å². The summed E-state index contributed by atoms with van der Waals surface area (Å²) in [5, 5.41) is 20.5. The van der Waals surface area contributed by atoms with Crippen LogP contribution in [0.3, 0.4) is 0 Å². The van der Waals surface area contributed by atoms with Crippen LogP contribution < -0.4 is 5.32 Å². The van der Waals surface area contributed by atoms with Crippen LogP contribution in [0.25, 0.3) is 0 Å². The topological polar surface area (TPSA) is 86.6 Å². The highest BCUT2D eigenvalue weighted by molar-refractivity contribution is 6.02. The first-order chi connectivity index (χ1) is 7.91. The molecule has 3 N–H and O–H groups in total. The maximum atomic E-state index is 11.3. The number of anilines is 1. The summed E-state index contributed by atoms with van der Waals surface area (Å²) >= 11 is 0. The Labute approximate surface area is 98.4 Å². The Bertz CT molecular complexity index is 492. The first kappa shape index (κ1) is 12.8. The predicted octanol–water partition coefficient (Wildman–Crippen LogP) is 1.59. The molecular weight excluding hydrogens is 222 g/mol. The van der Waals surface area contributed by atoms with Gasteiger partial charge in [0.15, 0.2) is 0 Å². The molecule has 0 aliphatic carbocycles. The number of carboxylic acid groups (broad SMARTS) is 1. The van der Waals surface area contributed by atoms with Crippen LogP contribution in [0.1, 0.15) is 11.1 Å². The minimum absolute atomic E-state index is 0.116. The van der Waals surface area contributed by atoms with Crippen molar-refractivity contribution in [3.05, 3.63) is 35.4 Å². The van der Waals surface area contributed by atoms with Crippen molar-refractivity contribution in [2.24, 2.45) is 0 Å². The summed E-state index contributed by atoms with van der Waals surface area (Å²) < 4.78 is 0. The number of aliphatic carboxylic acids is 1. The van der Waals surface area contributed by atoms with Gasteiger partial charge < -0.3 is 15.5 Å². The highest BCUT2D eigenvalue weighted by atomic mass is 16.4. The number of phenols is 1. The van der Waals surface area contributed by atoms with Gasteiger partial charge in [-0.25, -0.2) is 4.79 Å². The van der Waals surface area contributed by atoms with E-state index in [-0.39, 0.29) is 5.75 Å². The zero-order valence-corrected chi connectivity index (χ0v) is 9.52. The lowest BCUT2D eigenvalue weighted by atomic mass is 10.1. The summed E-state index contributed by atoms with van der Waals surface area (Å²) in [6, 6.07) is 3.32. The van der Waals surface area contributed by atoms with Crippen LogP contribution in [0, 0.1) is 13.8 Å². The number of rotatable bonds is 3. The third kappa shape index (κ3) is 3.34. The van der Waals surface area contributed by atoms with Gasteiger partial charge in [0, 0.05) is 23.4 Å². The van der Waals surface area contributed by atoms with E-state index in [4.69, 9.17) is 5.11 Å². The van der Waals surface area contributed by atoms with Crippen molar-refractivity contribution in [1.29, 1.82) is 0 Å². The van der Waals surface area contributed by atoms with Crippen LogP contribution in [0.15, 0.2) is 24.3 Å². The molecule has 0 aliphatic rings. The van der Waals surface area contributed by atoms with Crippen LogP contribution in [-0.2, 0) is 9.59 Å². The molecule has 0 unspecified atom stereocenters. The van der Waals surface area contributed by atoms with Gasteiger partial charge in [-0.2, -0.15) is 0 Å². The molecule has 1 rings (SSSR count). The molecule has 0 fully saturated rings. The number of aromatic hydroxyl groups is 1. The Hall–Kier alpha value is -2.30. The smallest absolute Gasteiger partial charge is 0.328 e. The molecule has 0 aliphatic heterocycles. The first-order valence-electron chi connectivity index (χ1n) is 4.93. The molecular formula is C12H13NO4. The summed E-state index contributed by atoms with van der Waals surface area (Å²) in [6.45, 7) is 3.41. The van der Waals surface area contributed by atoms with Gasteiger partial charge in [-0.1, -0.05) is 6.07 Å². The molecule has 1 amide bonds. The number of carboxylic acids is 1. The number of nitrogens with one attached hydrogen (secondary N) is 1. The average molecular weight is 235 g/mol. The molecule has 0 saturated carbocycles. The van der Waals surface area contributed by atoms with Gasteiger partial charge in [0.2, 0.25) is 5.91 Å². The van der Waals surface area contributed by atoms with Gasteiger partial charge >= 0.3 is 5.97 Å². The molecule has 5 nitrogen and oxygen atoms in total. The van der Waals surface area contributed by atoms with E-state index >= 15 is 0 Å². The zero-order valence-electron chi connectivity index (χ0n) is 9.52. The monoisotopic (exact) mass is 235 g/mol. The fourth-order valence-electron chi connectivity index (χ4n) is 1.29. The van der Waals surface area contributed by atoms with E-state index in [1.165, 1.54) is 0 Å². The van der Waals surface area contributed by atoms with Crippen LogP contribution in [0.2, 0.25) is 0 Å². The van der Waals surface area contributed by atoms with Crippen molar-refractivity contribution in [1.82, 2.24) is 0 Å². The largest absolute Gasteiger partial charge is 0.507 e. The number of amides is 1. The molecule has 0 aromatic heterocycles. The number of hydrogen-bond donors (Lipinski definition) is 3. The first-order valence-corrected chi connectivity index (χ1v) is 4.93. The maximum Gasteiger partial charge on any atom is 0.328 e. The fraction of sp³-hybridized carbons (Fsp3) is 0.167. The third-order valence-corrected chi connectivity index (χ3v) is 2.27. The highest BCUT2D eigenvalue weighted by Crippen LogP contribution is 2.27. The van der Waals surface area contributed by atoms with E-state index in [0.717, 1.165) is 12.2 Å². The Balaban J connectivity index is 2.86. The van der Waals surface area contributed by atoms with Crippen molar-refractivity contribution in [3.8, 4) is 5.75 Å². The van der Waals surface area contributed by atoms with E-state index in [2.05, 4.69) is 5.32 Å². The summed E-state index contributed by atoms with van der Waals surface area (Å²) in [5.41, 5.74) is 1.71. The highest BCUT2D eigenvalue weighted by Gasteiger charge is 2.07. The van der Waals surface area contributed by atoms with E-state index in [1.807, 2.05) is 0 Å². The van der Waals surface area contributed by atoms with E-state index < -0.39 is 11.9 Å². The molecule has 0 atom stereocenters. The molecule has 0 saturated heterocycles. The summed E-state index contributed by atoms with van der Waals surface area (Å²) in [5.74, 6) is -1.63. The van der Waals surface area contributed by atoms with Crippen molar-refractivity contribution in [2.45, 2.75) is 13.8 Å². The second-order valence-electron chi connectivity index (χ2n) is 3.56. The minimum atomic E-state index is -1.19. The zero-order chi connectivity index (χ0) is 13.0. The maximum absolute atomic E-state index is 11.3. The summed E-state index contributed by atoms with van der Waals surface area (Å²) in [7, 11) is 0. The Morgan fingerprint density at radius 2 is 1.88 bits per heavy atom. The molecule has 0 heterocycles. The van der Waals surface area contributed by atoms with Gasteiger partial charge in [0.1, 0.15) is 5.75 Å². The normalized spacial score (nSPS) is 10.5. The van der Waals surface area contributed by atoms with Crippen LogP contribution in [0.5, 0.6) is 5.75 Å². The quantitative estimate of drug-likeness (QED) is 0.694. The van der Waals surface area contributed by atoms with Crippen molar-refractivity contribution in [3.63, 3.8) is 0 Å². The van der Waals surface area contributed by atoms with Gasteiger partial charge in [-0.05, 0) is 25.5 Å². The van der Waals surface area contributed by atoms with Gasteiger partial charge in [-0.3, -0.25) is 4.79 Å².